The van der Waals surface area contributed by atoms with E-state index in [4.69, 9.17) is 5.26 Å². The highest BCUT2D eigenvalue weighted by Gasteiger charge is 2.25. The summed E-state index contributed by atoms with van der Waals surface area (Å²) in [6, 6.07) is 2.12. The summed E-state index contributed by atoms with van der Waals surface area (Å²) in [6.07, 6.45) is 0. The molecule has 0 aromatic rings. The zero-order valence-corrected chi connectivity index (χ0v) is 10.0. The van der Waals surface area contributed by atoms with Crippen LogP contribution in [0, 0.1) is 16.7 Å². The molecule has 0 aromatic heterocycles. The van der Waals surface area contributed by atoms with Gasteiger partial charge in [-0.25, -0.2) is 0 Å². The maximum absolute atomic E-state index is 11.4. The first-order chi connectivity index (χ1) is 5.69. The fourth-order valence-corrected chi connectivity index (χ4v) is 0.691. The van der Waals surface area contributed by atoms with Crippen LogP contribution in [0.25, 0.3) is 0 Å². The number of carbonyl (C=O) groups is 1. The van der Waals surface area contributed by atoms with Crippen molar-refractivity contribution in [1.29, 1.82) is 5.26 Å². The number of hydrogen-bond acceptors (Lipinski definition) is 2. The molecule has 0 aliphatic heterocycles. The van der Waals surface area contributed by atoms with Gasteiger partial charge in [0.2, 0.25) is 5.91 Å². The van der Waals surface area contributed by atoms with Crippen LogP contribution in [0.5, 0.6) is 0 Å². The van der Waals surface area contributed by atoms with Crippen LogP contribution in [-0.2, 0) is 4.79 Å². The van der Waals surface area contributed by atoms with Gasteiger partial charge in [0.25, 0.3) is 0 Å². The molecule has 0 atom stereocenters. The molecule has 0 fully saturated rings. The van der Waals surface area contributed by atoms with Gasteiger partial charge in [0.15, 0.2) is 0 Å². The first-order valence-corrected chi connectivity index (χ1v) is 4.87. The fraction of sp³-hybridized carbons (Fsp3) is 0.778. The Morgan fingerprint density at radius 2 is 1.92 bits per heavy atom. The van der Waals surface area contributed by atoms with Crippen molar-refractivity contribution in [1.82, 2.24) is 5.32 Å². The molecule has 0 unspecified atom stereocenters. The summed E-state index contributed by atoms with van der Waals surface area (Å²) in [7, 11) is 0. The Kier molecular flexibility index (Phi) is 3.92. The molecule has 0 bridgehead atoms. The minimum absolute atomic E-state index is 0.101. The normalized spacial score (nSPS) is 12.0. The molecule has 0 rings (SSSR count). The third-order valence-electron chi connectivity index (χ3n) is 1.53. The molecule has 1 amide bonds. The molecular weight excluding hydrogens is 232 g/mol. The number of halogens is 1. The largest absolute Gasteiger partial charge is 0.353 e. The van der Waals surface area contributed by atoms with Gasteiger partial charge in [-0.05, 0) is 27.7 Å². The van der Waals surface area contributed by atoms with E-state index in [-0.39, 0.29) is 5.91 Å². The molecule has 4 heteroatoms. The van der Waals surface area contributed by atoms with Crippen molar-refractivity contribution in [2.75, 3.05) is 6.54 Å². The number of nitriles is 1. The van der Waals surface area contributed by atoms with Gasteiger partial charge in [-0.1, -0.05) is 15.9 Å². The highest BCUT2D eigenvalue weighted by atomic mass is 79.9. The van der Waals surface area contributed by atoms with E-state index < -0.39 is 9.74 Å². The summed E-state index contributed by atoms with van der Waals surface area (Å²) in [5, 5.41) is 11.4. The van der Waals surface area contributed by atoms with Crippen LogP contribution < -0.4 is 5.32 Å². The highest BCUT2D eigenvalue weighted by Crippen LogP contribution is 2.17. The third-order valence-corrected chi connectivity index (χ3v) is 1.89. The lowest BCUT2D eigenvalue weighted by Crippen LogP contribution is -2.41. The maximum atomic E-state index is 11.4. The monoisotopic (exact) mass is 246 g/mol. The van der Waals surface area contributed by atoms with Crippen molar-refractivity contribution in [3.05, 3.63) is 0 Å². The summed E-state index contributed by atoms with van der Waals surface area (Å²) in [5.41, 5.74) is -0.506. The predicted molar refractivity (Wildman–Crippen MR) is 55.4 cm³/mol. The van der Waals surface area contributed by atoms with E-state index in [2.05, 4.69) is 27.3 Å². The second kappa shape index (κ2) is 4.10. The van der Waals surface area contributed by atoms with Crippen LogP contribution in [-0.4, -0.2) is 16.8 Å². The van der Waals surface area contributed by atoms with E-state index in [1.807, 2.05) is 0 Å². The number of alkyl halides is 1. The van der Waals surface area contributed by atoms with Gasteiger partial charge in [-0.2, -0.15) is 5.26 Å². The minimum Gasteiger partial charge on any atom is -0.353 e. The number of carbonyl (C=O) groups excluding carboxylic acids is 1. The first-order valence-electron chi connectivity index (χ1n) is 4.07. The van der Waals surface area contributed by atoms with Crippen LogP contribution in [0.2, 0.25) is 0 Å². The standard InChI is InChI=1S/C9H15BrN2O/c1-8(2,5-11)6-12-7(13)9(3,4)10/h6H2,1-4H3,(H,12,13). The third kappa shape index (κ3) is 4.89. The van der Waals surface area contributed by atoms with E-state index >= 15 is 0 Å². The Morgan fingerprint density at radius 1 is 1.46 bits per heavy atom. The predicted octanol–water partition coefficient (Wildman–Crippen LogP) is 1.83. The van der Waals surface area contributed by atoms with Crippen LogP contribution in [0.4, 0.5) is 0 Å². The zero-order valence-electron chi connectivity index (χ0n) is 8.44. The average molecular weight is 247 g/mol. The Labute approximate surface area is 87.6 Å². The summed E-state index contributed by atoms with van der Waals surface area (Å²) >= 11 is 3.24. The summed E-state index contributed by atoms with van der Waals surface area (Å²) in [4.78, 5) is 11.4. The molecule has 0 spiro atoms. The molecule has 0 saturated carbocycles. The van der Waals surface area contributed by atoms with Gasteiger partial charge in [0, 0.05) is 6.54 Å². The van der Waals surface area contributed by atoms with Crippen LogP contribution in [0.1, 0.15) is 27.7 Å². The average Bonchev–Trinajstić information content (AvgIpc) is 1.98. The van der Waals surface area contributed by atoms with Crippen LogP contribution >= 0.6 is 15.9 Å². The topological polar surface area (TPSA) is 52.9 Å². The van der Waals surface area contributed by atoms with Gasteiger partial charge in [-0.3, -0.25) is 4.79 Å². The minimum atomic E-state index is -0.571. The fourth-order valence-electron chi connectivity index (χ4n) is 0.551. The lowest BCUT2D eigenvalue weighted by Gasteiger charge is -2.20. The smallest absolute Gasteiger partial charge is 0.236 e. The first kappa shape index (κ1) is 12.4. The van der Waals surface area contributed by atoms with Crippen molar-refractivity contribution < 1.29 is 4.79 Å². The van der Waals surface area contributed by atoms with E-state index in [1.165, 1.54) is 0 Å². The summed E-state index contributed by atoms with van der Waals surface area (Å²) < 4.78 is -0.571. The second-order valence-corrected chi connectivity index (χ2v) is 6.13. The Bertz CT molecular complexity index is 235. The van der Waals surface area contributed by atoms with Crippen molar-refractivity contribution in [2.45, 2.75) is 32.0 Å². The Hall–Kier alpha value is -0.560. The number of hydrogen-bond donors (Lipinski definition) is 1. The molecule has 0 aromatic carbocycles. The molecule has 13 heavy (non-hydrogen) atoms. The van der Waals surface area contributed by atoms with Crippen molar-refractivity contribution in [3.8, 4) is 6.07 Å². The second-order valence-electron chi connectivity index (χ2n) is 4.15. The van der Waals surface area contributed by atoms with Gasteiger partial charge < -0.3 is 5.32 Å². The molecule has 0 aliphatic rings. The molecule has 0 radical (unpaired) electrons. The summed E-state index contributed by atoms with van der Waals surface area (Å²) in [5.74, 6) is -0.101. The van der Waals surface area contributed by atoms with E-state index in [0.717, 1.165) is 0 Å². The van der Waals surface area contributed by atoms with E-state index in [9.17, 15) is 4.79 Å². The van der Waals surface area contributed by atoms with Crippen LogP contribution in [0.15, 0.2) is 0 Å². The molecule has 0 saturated heterocycles. The number of nitrogens with zero attached hydrogens (tertiary/aromatic N) is 1. The lowest BCUT2D eigenvalue weighted by molar-refractivity contribution is -0.122. The lowest BCUT2D eigenvalue weighted by atomic mass is 9.96. The van der Waals surface area contributed by atoms with Gasteiger partial charge >= 0.3 is 0 Å². The van der Waals surface area contributed by atoms with E-state index in [0.29, 0.717) is 6.54 Å². The molecule has 1 N–H and O–H groups in total. The van der Waals surface area contributed by atoms with Crippen molar-refractivity contribution in [3.63, 3.8) is 0 Å². The quantitative estimate of drug-likeness (QED) is 0.773. The maximum Gasteiger partial charge on any atom is 0.236 e. The Morgan fingerprint density at radius 3 is 2.23 bits per heavy atom. The van der Waals surface area contributed by atoms with Crippen molar-refractivity contribution >= 4 is 21.8 Å². The zero-order chi connectivity index (χ0) is 10.7. The number of nitrogens with one attached hydrogen (secondary N) is 1. The highest BCUT2D eigenvalue weighted by molar-refractivity contribution is 9.10. The van der Waals surface area contributed by atoms with Gasteiger partial charge in [0.05, 0.1) is 15.8 Å². The van der Waals surface area contributed by atoms with Crippen molar-refractivity contribution in [2.24, 2.45) is 5.41 Å². The molecule has 0 heterocycles. The number of amides is 1. The SMILES string of the molecule is CC(C)(C#N)CNC(=O)C(C)(C)Br. The molecule has 0 aliphatic carbocycles. The number of rotatable bonds is 3. The van der Waals surface area contributed by atoms with E-state index in [1.54, 1.807) is 27.7 Å². The van der Waals surface area contributed by atoms with Gasteiger partial charge in [-0.15, -0.1) is 0 Å². The Balaban J connectivity index is 4.08. The summed E-state index contributed by atoms with van der Waals surface area (Å²) in [6.45, 7) is 7.48. The molecule has 3 nitrogen and oxygen atoms in total. The van der Waals surface area contributed by atoms with Crippen LogP contribution in [0.3, 0.4) is 0 Å². The van der Waals surface area contributed by atoms with Gasteiger partial charge in [0.1, 0.15) is 0 Å². The molecular formula is C9H15BrN2O. The molecule has 74 valence electrons.